The molecule has 0 N–H and O–H groups in total. The van der Waals surface area contributed by atoms with Gasteiger partial charge in [-0.25, -0.2) is 0 Å². The molecule has 0 aromatic heterocycles. The summed E-state index contributed by atoms with van der Waals surface area (Å²) in [4.78, 5) is 12.7. The van der Waals surface area contributed by atoms with Gasteiger partial charge in [-0.1, -0.05) is 17.7 Å². The number of ether oxygens (including phenoxy) is 1. The first-order valence-electron chi connectivity index (χ1n) is 3.71. The fourth-order valence-electron chi connectivity index (χ4n) is 0.695. The van der Waals surface area contributed by atoms with Crippen molar-refractivity contribution in [2.24, 2.45) is 0 Å². The van der Waals surface area contributed by atoms with Crippen LogP contribution < -0.4 is 0 Å². The van der Waals surface area contributed by atoms with Gasteiger partial charge in [0.1, 0.15) is 0 Å². The minimum Gasteiger partial charge on any atom is -0.469 e. The molecule has 0 saturated carbocycles. The van der Waals surface area contributed by atoms with E-state index >= 15 is 0 Å². The Kier molecular flexibility index (Phi) is 6.81. The van der Waals surface area contributed by atoms with Crippen molar-refractivity contribution >= 4 is 17.6 Å². The number of nitrogens with zero attached hydrogens (tertiary/aromatic N) is 1. The van der Waals surface area contributed by atoms with E-state index in [4.69, 9.17) is 11.6 Å². The highest BCUT2D eigenvalue weighted by Crippen LogP contribution is 1.90. The predicted octanol–water partition coefficient (Wildman–Crippen LogP) is 1.23. The summed E-state index contributed by atoms with van der Waals surface area (Å²) in [5.74, 6) is -0.184. The first kappa shape index (κ1) is 11.5. The molecule has 0 aromatic rings. The van der Waals surface area contributed by atoms with Crippen LogP contribution in [-0.4, -0.2) is 38.1 Å². The van der Waals surface area contributed by atoms with E-state index in [1.807, 2.05) is 18.0 Å². The molecule has 70 valence electrons. The number of likely N-dealkylation sites (N-methyl/N-ethyl adjacent to an activating group) is 1. The number of esters is 1. The molecule has 0 spiro atoms. The molecule has 3 nitrogen and oxygen atoms in total. The summed E-state index contributed by atoms with van der Waals surface area (Å²) in [6, 6.07) is 0. The molecule has 0 radical (unpaired) electrons. The topological polar surface area (TPSA) is 29.5 Å². The zero-order valence-corrected chi connectivity index (χ0v) is 8.17. The van der Waals surface area contributed by atoms with Crippen molar-refractivity contribution in [3.8, 4) is 0 Å². The standard InChI is InChI=1S/C8H14ClNO2/c1-10(6-3-5-9)7-4-8(11)12-2/h3,5H,4,6-7H2,1-2H3. The van der Waals surface area contributed by atoms with Crippen LogP contribution in [-0.2, 0) is 9.53 Å². The van der Waals surface area contributed by atoms with Crippen molar-refractivity contribution in [3.63, 3.8) is 0 Å². The minimum atomic E-state index is -0.184. The van der Waals surface area contributed by atoms with E-state index < -0.39 is 0 Å². The molecule has 0 amide bonds. The van der Waals surface area contributed by atoms with Crippen LogP contribution in [0.3, 0.4) is 0 Å². The summed E-state index contributed by atoms with van der Waals surface area (Å²) >= 11 is 5.34. The van der Waals surface area contributed by atoms with Gasteiger partial charge in [-0.05, 0) is 7.05 Å². The molecule has 0 heterocycles. The lowest BCUT2D eigenvalue weighted by Crippen LogP contribution is -2.22. The summed E-state index contributed by atoms with van der Waals surface area (Å²) in [6.07, 6.45) is 2.24. The second-order valence-corrected chi connectivity index (χ2v) is 2.70. The normalized spacial score (nSPS) is 11.0. The average molecular weight is 192 g/mol. The quantitative estimate of drug-likeness (QED) is 0.613. The Labute approximate surface area is 77.9 Å². The lowest BCUT2D eigenvalue weighted by molar-refractivity contribution is -0.140. The number of hydrogen-bond donors (Lipinski definition) is 0. The molecule has 0 rings (SSSR count). The fraction of sp³-hybridized carbons (Fsp3) is 0.625. The predicted molar refractivity (Wildman–Crippen MR) is 49.1 cm³/mol. The van der Waals surface area contributed by atoms with Gasteiger partial charge in [0, 0.05) is 18.6 Å². The van der Waals surface area contributed by atoms with E-state index in [0.717, 1.165) is 6.54 Å². The monoisotopic (exact) mass is 191 g/mol. The van der Waals surface area contributed by atoms with Gasteiger partial charge in [-0.3, -0.25) is 4.79 Å². The summed E-state index contributed by atoms with van der Waals surface area (Å²) in [7, 11) is 3.31. The van der Waals surface area contributed by atoms with Gasteiger partial charge in [0.05, 0.1) is 13.5 Å². The number of carbonyl (C=O) groups excluding carboxylic acids is 1. The van der Waals surface area contributed by atoms with Gasteiger partial charge in [0.2, 0.25) is 0 Å². The van der Waals surface area contributed by atoms with Crippen LogP contribution in [0.2, 0.25) is 0 Å². The highest BCUT2D eigenvalue weighted by molar-refractivity contribution is 6.25. The van der Waals surface area contributed by atoms with Crippen molar-refractivity contribution in [1.82, 2.24) is 4.90 Å². The molecule has 4 heteroatoms. The van der Waals surface area contributed by atoms with E-state index in [1.54, 1.807) is 0 Å². The first-order chi connectivity index (χ1) is 5.70. The van der Waals surface area contributed by atoms with Crippen LogP contribution in [0.5, 0.6) is 0 Å². The molecule has 0 bridgehead atoms. The third-order valence-electron chi connectivity index (χ3n) is 1.43. The smallest absolute Gasteiger partial charge is 0.306 e. The van der Waals surface area contributed by atoms with E-state index in [1.165, 1.54) is 12.6 Å². The maximum atomic E-state index is 10.7. The van der Waals surface area contributed by atoms with Gasteiger partial charge in [-0.2, -0.15) is 0 Å². The van der Waals surface area contributed by atoms with Crippen LogP contribution in [0, 0.1) is 0 Å². The molecule has 0 aromatic carbocycles. The number of methoxy groups -OCH3 is 1. The Morgan fingerprint density at radius 2 is 2.33 bits per heavy atom. The van der Waals surface area contributed by atoms with Crippen LogP contribution in [0.4, 0.5) is 0 Å². The molecule has 0 aliphatic rings. The largest absolute Gasteiger partial charge is 0.469 e. The molecule has 12 heavy (non-hydrogen) atoms. The highest BCUT2D eigenvalue weighted by atomic mass is 35.5. The SMILES string of the molecule is COC(=O)CCN(C)CC=CCl. The highest BCUT2D eigenvalue weighted by Gasteiger charge is 2.01. The van der Waals surface area contributed by atoms with Crippen molar-refractivity contribution in [2.75, 3.05) is 27.2 Å². The fourth-order valence-corrected chi connectivity index (χ4v) is 0.775. The lowest BCUT2D eigenvalue weighted by atomic mass is 10.4. The van der Waals surface area contributed by atoms with Gasteiger partial charge in [0.15, 0.2) is 0 Å². The second kappa shape index (κ2) is 7.13. The number of carbonyl (C=O) groups is 1. The summed E-state index contributed by atoms with van der Waals surface area (Å²) in [5, 5.41) is 0. The first-order valence-corrected chi connectivity index (χ1v) is 4.15. The maximum absolute atomic E-state index is 10.7. The Balaban J connectivity index is 3.43. The van der Waals surface area contributed by atoms with Crippen molar-refractivity contribution in [2.45, 2.75) is 6.42 Å². The lowest BCUT2D eigenvalue weighted by Gasteiger charge is -2.12. The molecule has 0 atom stereocenters. The zero-order chi connectivity index (χ0) is 9.40. The van der Waals surface area contributed by atoms with E-state index in [-0.39, 0.29) is 5.97 Å². The molecule has 0 fully saturated rings. The number of hydrogen-bond acceptors (Lipinski definition) is 3. The minimum absolute atomic E-state index is 0.184. The molecule has 0 aliphatic heterocycles. The average Bonchev–Trinajstić information content (AvgIpc) is 2.10. The molecule has 0 unspecified atom stereocenters. The molecule has 0 saturated heterocycles. The molecular formula is C8H14ClNO2. The summed E-state index contributed by atoms with van der Waals surface area (Å²) in [5.41, 5.74) is 1.47. The summed E-state index contributed by atoms with van der Waals surface area (Å²) < 4.78 is 4.50. The maximum Gasteiger partial charge on any atom is 0.306 e. The third-order valence-corrected chi connectivity index (χ3v) is 1.61. The van der Waals surface area contributed by atoms with E-state index in [9.17, 15) is 4.79 Å². The van der Waals surface area contributed by atoms with Crippen LogP contribution in [0.1, 0.15) is 6.42 Å². The Hall–Kier alpha value is -0.540. The molecular weight excluding hydrogens is 178 g/mol. The molecule has 0 aliphatic carbocycles. The van der Waals surface area contributed by atoms with Crippen molar-refractivity contribution < 1.29 is 9.53 Å². The Bertz CT molecular complexity index is 159. The number of rotatable bonds is 5. The Morgan fingerprint density at radius 3 is 2.83 bits per heavy atom. The number of halogens is 1. The van der Waals surface area contributed by atoms with Crippen molar-refractivity contribution in [3.05, 3.63) is 11.6 Å². The van der Waals surface area contributed by atoms with Gasteiger partial charge < -0.3 is 9.64 Å². The van der Waals surface area contributed by atoms with Gasteiger partial charge in [0.25, 0.3) is 0 Å². The second-order valence-electron chi connectivity index (χ2n) is 2.45. The van der Waals surface area contributed by atoms with E-state index in [0.29, 0.717) is 13.0 Å². The van der Waals surface area contributed by atoms with Crippen molar-refractivity contribution in [1.29, 1.82) is 0 Å². The van der Waals surface area contributed by atoms with Gasteiger partial charge in [-0.15, -0.1) is 0 Å². The Morgan fingerprint density at radius 1 is 1.67 bits per heavy atom. The van der Waals surface area contributed by atoms with Crippen LogP contribution in [0.15, 0.2) is 11.6 Å². The van der Waals surface area contributed by atoms with Gasteiger partial charge >= 0.3 is 5.97 Å². The zero-order valence-electron chi connectivity index (χ0n) is 7.42. The third kappa shape index (κ3) is 6.19. The van der Waals surface area contributed by atoms with Crippen LogP contribution >= 0.6 is 11.6 Å². The van der Waals surface area contributed by atoms with E-state index in [2.05, 4.69) is 4.74 Å². The summed E-state index contributed by atoms with van der Waals surface area (Å²) in [6.45, 7) is 1.44. The van der Waals surface area contributed by atoms with Crippen LogP contribution in [0.25, 0.3) is 0 Å².